The van der Waals surface area contributed by atoms with Crippen molar-refractivity contribution in [2.45, 2.75) is 6.92 Å². The highest BCUT2D eigenvalue weighted by Crippen LogP contribution is 2.39. The van der Waals surface area contributed by atoms with Crippen molar-refractivity contribution in [3.63, 3.8) is 0 Å². The van der Waals surface area contributed by atoms with Crippen molar-refractivity contribution < 1.29 is 8.83 Å². The van der Waals surface area contributed by atoms with Crippen LogP contribution >= 0.6 is 0 Å². The van der Waals surface area contributed by atoms with Crippen LogP contribution in [-0.2, 0) is 0 Å². The van der Waals surface area contributed by atoms with Gasteiger partial charge in [-0.05, 0) is 61.5 Å². The van der Waals surface area contributed by atoms with Gasteiger partial charge in [-0.25, -0.2) is 0 Å². The third-order valence-corrected chi connectivity index (χ3v) is 7.04. The van der Waals surface area contributed by atoms with Gasteiger partial charge in [0.2, 0.25) is 0 Å². The zero-order valence-corrected chi connectivity index (χ0v) is 18.5. The van der Waals surface area contributed by atoms with E-state index in [0.29, 0.717) is 0 Å². The second kappa shape index (κ2) is 6.30. The molecule has 3 heterocycles. The van der Waals surface area contributed by atoms with E-state index in [-0.39, 0.29) is 0 Å². The molecule has 5 aromatic carbocycles. The molecule has 0 unspecified atom stereocenters. The number of fused-ring (bicyclic) bond motifs is 9. The van der Waals surface area contributed by atoms with E-state index in [2.05, 4.69) is 102 Å². The van der Waals surface area contributed by atoms with Crippen LogP contribution in [0.4, 0.5) is 0 Å². The number of nitrogens with zero attached hydrogens (tertiary/aromatic N) is 1. The van der Waals surface area contributed by atoms with Gasteiger partial charge >= 0.3 is 0 Å². The number of para-hydroxylation sites is 2. The highest BCUT2D eigenvalue weighted by molar-refractivity contribution is 6.15. The average molecular weight is 437 g/mol. The van der Waals surface area contributed by atoms with Crippen molar-refractivity contribution in [2.75, 3.05) is 0 Å². The van der Waals surface area contributed by atoms with Crippen LogP contribution in [0.5, 0.6) is 0 Å². The molecule has 8 rings (SSSR count). The molecular formula is C31H19NO2. The van der Waals surface area contributed by atoms with E-state index < -0.39 is 0 Å². The van der Waals surface area contributed by atoms with Crippen LogP contribution in [0.1, 0.15) is 5.56 Å². The molecule has 0 amide bonds. The molecule has 0 N–H and O–H groups in total. The summed E-state index contributed by atoms with van der Waals surface area (Å²) in [6.07, 6.45) is 0. The number of hydrogen-bond donors (Lipinski definition) is 0. The van der Waals surface area contributed by atoms with Gasteiger partial charge < -0.3 is 13.4 Å². The first-order chi connectivity index (χ1) is 16.7. The molecule has 8 aromatic rings. The highest BCUT2D eigenvalue weighted by atomic mass is 16.3. The molecule has 0 bridgehead atoms. The second-order valence-electron chi connectivity index (χ2n) is 9.10. The van der Waals surface area contributed by atoms with Crippen LogP contribution in [0.25, 0.3) is 71.4 Å². The van der Waals surface area contributed by atoms with Crippen LogP contribution in [0.3, 0.4) is 0 Å². The Balaban J connectivity index is 1.44. The van der Waals surface area contributed by atoms with Crippen LogP contribution in [-0.4, -0.2) is 4.57 Å². The fourth-order valence-corrected chi connectivity index (χ4v) is 5.49. The van der Waals surface area contributed by atoms with Crippen molar-refractivity contribution in [2.24, 2.45) is 0 Å². The fraction of sp³-hybridized carbons (Fsp3) is 0.0323. The van der Waals surface area contributed by atoms with E-state index in [1.165, 1.54) is 27.4 Å². The molecule has 0 spiro atoms. The van der Waals surface area contributed by atoms with Crippen LogP contribution in [0.2, 0.25) is 0 Å². The SMILES string of the molecule is Cc1ccc2oc3cc4c(cc3c2c1)oc1ccc(-n2c3ccccc3c3ccccc32)cc14. The molecule has 3 aromatic heterocycles. The summed E-state index contributed by atoms with van der Waals surface area (Å²) in [6.45, 7) is 2.11. The quantitative estimate of drug-likeness (QED) is 0.257. The number of benzene rings is 5. The molecule has 3 nitrogen and oxygen atoms in total. The van der Waals surface area contributed by atoms with E-state index >= 15 is 0 Å². The first kappa shape index (κ1) is 18.0. The monoisotopic (exact) mass is 437 g/mol. The summed E-state index contributed by atoms with van der Waals surface area (Å²) in [5, 5.41) is 6.90. The number of furan rings is 2. The van der Waals surface area contributed by atoms with Gasteiger partial charge in [-0.3, -0.25) is 0 Å². The first-order valence-corrected chi connectivity index (χ1v) is 11.5. The van der Waals surface area contributed by atoms with Gasteiger partial charge in [0, 0.05) is 38.0 Å². The predicted molar refractivity (Wildman–Crippen MR) is 140 cm³/mol. The fourth-order valence-electron chi connectivity index (χ4n) is 5.49. The van der Waals surface area contributed by atoms with E-state index in [1.54, 1.807) is 0 Å². The maximum Gasteiger partial charge on any atom is 0.136 e. The van der Waals surface area contributed by atoms with E-state index in [4.69, 9.17) is 8.83 Å². The van der Waals surface area contributed by atoms with Gasteiger partial charge in [-0.2, -0.15) is 0 Å². The lowest BCUT2D eigenvalue weighted by atomic mass is 10.1. The van der Waals surface area contributed by atoms with Crippen molar-refractivity contribution in [1.29, 1.82) is 0 Å². The predicted octanol–water partition coefficient (Wildman–Crippen LogP) is 8.89. The molecule has 0 saturated heterocycles. The maximum atomic E-state index is 6.31. The van der Waals surface area contributed by atoms with Crippen molar-refractivity contribution in [3.05, 3.63) is 103 Å². The van der Waals surface area contributed by atoms with Gasteiger partial charge in [-0.15, -0.1) is 0 Å². The topological polar surface area (TPSA) is 31.2 Å². The van der Waals surface area contributed by atoms with Gasteiger partial charge in [0.05, 0.1) is 11.0 Å². The van der Waals surface area contributed by atoms with Gasteiger partial charge in [0.25, 0.3) is 0 Å². The van der Waals surface area contributed by atoms with Crippen LogP contribution < -0.4 is 0 Å². The molecule has 3 heteroatoms. The molecule has 0 atom stereocenters. The van der Waals surface area contributed by atoms with Gasteiger partial charge in [0.1, 0.15) is 22.3 Å². The molecule has 0 aliphatic carbocycles. The first-order valence-electron chi connectivity index (χ1n) is 11.5. The molecule has 0 aliphatic heterocycles. The maximum absolute atomic E-state index is 6.31. The van der Waals surface area contributed by atoms with E-state index in [1.807, 2.05) is 6.07 Å². The van der Waals surface area contributed by atoms with Crippen LogP contribution in [0.15, 0.2) is 106 Å². The normalized spacial score (nSPS) is 12.3. The number of aromatic nitrogens is 1. The van der Waals surface area contributed by atoms with Crippen molar-refractivity contribution in [1.82, 2.24) is 4.57 Å². The lowest BCUT2D eigenvalue weighted by Crippen LogP contribution is -1.93. The summed E-state index contributed by atoms with van der Waals surface area (Å²) >= 11 is 0. The Kier molecular flexibility index (Phi) is 3.33. The Morgan fingerprint density at radius 2 is 1.00 bits per heavy atom. The minimum absolute atomic E-state index is 0.881. The molecule has 0 aliphatic rings. The molecule has 160 valence electrons. The average Bonchev–Trinajstić information content (AvgIpc) is 3.51. The number of hydrogen-bond acceptors (Lipinski definition) is 2. The summed E-state index contributed by atoms with van der Waals surface area (Å²) in [4.78, 5) is 0. The zero-order valence-electron chi connectivity index (χ0n) is 18.5. The summed E-state index contributed by atoms with van der Waals surface area (Å²) in [6, 6.07) is 34.2. The summed E-state index contributed by atoms with van der Waals surface area (Å²) in [5.41, 5.74) is 8.29. The number of rotatable bonds is 1. The molecule has 0 saturated carbocycles. The standard InChI is InChI=1S/C31H19NO2/c1-18-10-12-28-22(14-18)24-16-31-25(17-30(24)33-28)23-15-19(11-13-29(23)34-31)32-26-8-4-2-6-20(26)21-7-3-5-9-27(21)32/h2-17H,1H3. The van der Waals surface area contributed by atoms with E-state index in [9.17, 15) is 0 Å². The smallest absolute Gasteiger partial charge is 0.136 e. The Bertz CT molecular complexity index is 2030. The molecule has 0 fully saturated rings. The minimum Gasteiger partial charge on any atom is -0.456 e. The second-order valence-corrected chi connectivity index (χ2v) is 9.10. The lowest BCUT2D eigenvalue weighted by Gasteiger charge is -2.07. The molecular weight excluding hydrogens is 418 g/mol. The lowest BCUT2D eigenvalue weighted by molar-refractivity contribution is 0.664. The highest BCUT2D eigenvalue weighted by Gasteiger charge is 2.16. The Morgan fingerprint density at radius 1 is 0.471 bits per heavy atom. The Hall–Kier alpha value is -4.50. The summed E-state index contributed by atoms with van der Waals surface area (Å²) < 4.78 is 14.8. The summed E-state index contributed by atoms with van der Waals surface area (Å²) in [5.74, 6) is 0. The number of aryl methyl sites for hydroxylation is 1. The van der Waals surface area contributed by atoms with Gasteiger partial charge in [-0.1, -0.05) is 48.0 Å². The van der Waals surface area contributed by atoms with Crippen molar-refractivity contribution in [3.8, 4) is 5.69 Å². The summed E-state index contributed by atoms with van der Waals surface area (Å²) in [7, 11) is 0. The van der Waals surface area contributed by atoms with Gasteiger partial charge in [0.15, 0.2) is 0 Å². The largest absolute Gasteiger partial charge is 0.456 e. The Labute approximate surface area is 194 Å². The minimum atomic E-state index is 0.881. The zero-order chi connectivity index (χ0) is 22.4. The Morgan fingerprint density at radius 3 is 1.65 bits per heavy atom. The van der Waals surface area contributed by atoms with Crippen LogP contribution in [0, 0.1) is 6.92 Å². The third kappa shape index (κ3) is 2.31. The molecule has 34 heavy (non-hydrogen) atoms. The van der Waals surface area contributed by atoms with Crippen molar-refractivity contribution >= 4 is 65.7 Å². The molecule has 0 radical (unpaired) electrons. The van der Waals surface area contributed by atoms with E-state index in [0.717, 1.165) is 49.6 Å². The third-order valence-electron chi connectivity index (χ3n) is 7.04.